The van der Waals surface area contributed by atoms with E-state index in [1.165, 1.54) is 0 Å². The molecule has 0 unspecified atom stereocenters. The molecule has 6 heteroatoms. The van der Waals surface area contributed by atoms with Gasteiger partial charge in [-0.1, -0.05) is 12.1 Å². The van der Waals surface area contributed by atoms with Gasteiger partial charge in [0, 0.05) is 30.0 Å². The molecular weight excluding hydrogens is 318 g/mol. The van der Waals surface area contributed by atoms with Gasteiger partial charge < -0.3 is 14.5 Å². The summed E-state index contributed by atoms with van der Waals surface area (Å²) < 4.78 is 13.3. The molecule has 0 spiro atoms. The summed E-state index contributed by atoms with van der Waals surface area (Å²) >= 11 is 0. The number of furan rings is 1. The summed E-state index contributed by atoms with van der Waals surface area (Å²) in [5.74, 6) is 0.911. The number of ether oxygens (including phenoxy) is 1. The molecule has 3 heterocycles. The van der Waals surface area contributed by atoms with Crippen LogP contribution in [-0.4, -0.2) is 22.3 Å². The first-order valence-electron chi connectivity index (χ1n) is 8.51. The molecule has 1 aliphatic rings. The maximum absolute atomic E-state index is 12.6. The zero-order chi connectivity index (χ0) is 17.6. The van der Waals surface area contributed by atoms with Crippen LogP contribution in [0.5, 0.6) is 5.88 Å². The molecule has 2 aromatic heterocycles. The molecule has 1 N–H and O–H groups in total. The molecule has 0 radical (unpaired) electrons. The van der Waals surface area contributed by atoms with Gasteiger partial charge in [0.2, 0.25) is 5.88 Å². The molecule has 6 nitrogen and oxygen atoms in total. The monoisotopic (exact) mass is 339 g/mol. The summed E-state index contributed by atoms with van der Waals surface area (Å²) in [6.07, 6.45) is 0.956. The van der Waals surface area contributed by atoms with E-state index in [1.807, 2.05) is 37.6 Å². The molecule has 4 rings (SSSR count). The van der Waals surface area contributed by atoms with E-state index in [0.29, 0.717) is 18.9 Å². The molecule has 0 bridgehead atoms. The summed E-state index contributed by atoms with van der Waals surface area (Å²) in [5.41, 5.74) is 4.59. The van der Waals surface area contributed by atoms with Crippen molar-refractivity contribution in [2.75, 3.05) is 6.61 Å². The Labute approximate surface area is 145 Å². The van der Waals surface area contributed by atoms with Crippen molar-refractivity contribution in [3.63, 3.8) is 0 Å². The molecule has 1 aliphatic heterocycles. The van der Waals surface area contributed by atoms with Crippen LogP contribution >= 0.6 is 0 Å². The summed E-state index contributed by atoms with van der Waals surface area (Å²) in [7, 11) is 0. The molecule has 0 fully saturated rings. The van der Waals surface area contributed by atoms with E-state index >= 15 is 0 Å². The number of amides is 1. The maximum atomic E-state index is 12.6. The molecule has 25 heavy (non-hydrogen) atoms. The predicted octanol–water partition coefficient (Wildman–Crippen LogP) is 3.27. The number of hydrogen-bond acceptors (Lipinski definition) is 4. The zero-order valence-electron chi connectivity index (χ0n) is 14.7. The first-order chi connectivity index (χ1) is 12.0. The largest absolute Gasteiger partial charge is 0.478 e. The van der Waals surface area contributed by atoms with E-state index in [1.54, 1.807) is 0 Å². The number of carbonyl (C=O) groups is 1. The molecule has 1 aromatic carbocycles. The fraction of sp³-hybridized carbons (Fsp3) is 0.368. The number of rotatable bonds is 3. The van der Waals surface area contributed by atoms with Crippen LogP contribution in [0.3, 0.4) is 0 Å². The second-order valence-electron chi connectivity index (χ2n) is 6.54. The van der Waals surface area contributed by atoms with Crippen LogP contribution < -0.4 is 10.1 Å². The van der Waals surface area contributed by atoms with Gasteiger partial charge in [0.15, 0.2) is 5.76 Å². The van der Waals surface area contributed by atoms with Gasteiger partial charge in [0.1, 0.15) is 5.58 Å². The Morgan fingerprint density at radius 1 is 1.28 bits per heavy atom. The van der Waals surface area contributed by atoms with Crippen molar-refractivity contribution < 1.29 is 13.9 Å². The SMILES string of the molecule is Cc1ccc(C)c2c(C)c(C(=O)NCc3cc4n(n3)CCCO4)oc12. The second kappa shape index (κ2) is 5.95. The van der Waals surface area contributed by atoms with E-state index in [9.17, 15) is 4.79 Å². The molecule has 0 saturated carbocycles. The number of aromatic nitrogens is 2. The van der Waals surface area contributed by atoms with Crippen LogP contribution in [0.4, 0.5) is 0 Å². The van der Waals surface area contributed by atoms with E-state index in [2.05, 4.69) is 16.5 Å². The van der Waals surface area contributed by atoms with Crippen LogP contribution in [-0.2, 0) is 13.1 Å². The van der Waals surface area contributed by atoms with Crippen LogP contribution in [0.25, 0.3) is 11.0 Å². The van der Waals surface area contributed by atoms with Gasteiger partial charge in [-0.2, -0.15) is 5.10 Å². The normalized spacial score (nSPS) is 13.6. The van der Waals surface area contributed by atoms with Crippen molar-refractivity contribution in [1.82, 2.24) is 15.1 Å². The quantitative estimate of drug-likeness (QED) is 0.795. The fourth-order valence-electron chi connectivity index (χ4n) is 3.35. The lowest BCUT2D eigenvalue weighted by molar-refractivity contribution is 0.0924. The number of hydrogen-bond donors (Lipinski definition) is 1. The third kappa shape index (κ3) is 2.67. The van der Waals surface area contributed by atoms with Gasteiger partial charge in [-0.25, -0.2) is 4.68 Å². The Morgan fingerprint density at radius 3 is 2.84 bits per heavy atom. The Bertz CT molecular complexity index is 945. The Morgan fingerprint density at radius 2 is 2.08 bits per heavy atom. The molecule has 0 aliphatic carbocycles. The summed E-state index contributed by atoms with van der Waals surface area (Å²) in [6.45, 7) is 7.86. The molecular formula is C19H21N3O3. The van der Waals surface area contributed by atoms with Gasteiger partial charge in [0.05, 0.1) is 18.8 Å². The van der Waals surface area contributed by atoms with E-state index in [0.717, 1.165) is 52.2 Å². The average Bonchev–Trinajstić information content (AvgIpc) is 3.17. The predicted molar refractivity (Wildman–Crippen MR) is 93.9 cm³/mol. The number of benzene rings is 1. The van der Waals surface area contributed by atoms with E-state index in [4.69, 9.17) is 9.15 Å². The average molecular weight is 339 g/mol. The van der Waals surface area contributed by atoms with Gasteiger partial charge in [-0.3, -0.25) is 4.79 Å². The maximum Gasteiger partial charge on any atom is 0.287 e. The molecule has 0 atom stereocenters. The summed E-state index contributed by atoms with van der Waals surface area (Å²) in [5, 5.41) is 8.38. The highest BCUT2D eigenvalue weighted by Gasteiger charge is 2.20. The first kappa shape index (κ1) is 15.7. The smallest absolute Gasteiger partial charge is 0.287 e. The summed E-state index contributed by atoms with van der Waals surface area (Å²) in [4.78, 5) is 12.6. The second-order valence-corrected chi connectivity index (χ2v) is 6.54. The molecule has 3 aromatic rings. The minimum absolute atomic E-state index is 0.223. The van der Waals surface area contributed by atoms with Crippen LogP contribution in [0, 0.1) is 20.8 Å². The molecule has 1 amide bonds. The third-order valence-corrected chi connectivity index (χ3v) is 4.68. The van der Waals surface area contributed by atoms with Gasteiger partial charge in [0.25, 0.3) is 5.91 Å². The van der Waals surface area contributed by atoms with Crippen molar-refractivity contribution in [3.8, 4) is 5.88 Å². The van der Waals surface area contributed by atoms with Crippen molar-refractivity contribution in [1.29, 1.82) is 0 Å². The minimum atomic E-state index is -0.223. The van der Waals surface area contributed by atoms with Gasteiger partial charge >= 0.3 is 0 Å². The van der Waals surface area contributed by atoms with Crippen molar-refractivity contribution in [3.05, 3.63) is 46.3 Å². The van der Waals surface area contributed by atoms with Crippen LogP contribution in [0.2, 0.25) is 0 Å². The summed E-state index contributed by atoms with van der Waals surface area (Å²) in [6, 6.07) is 5.94. The number of aryl methyl sites for hydroxylation is 4. The number of fused-ring (bicyclic) bond motifs is 2. The Hall–Kier alpha value is -2.76. The first-order valence-corrected chi connectivity index (χ1v) is 8.51. The van der Waals surface area contributed by atoms with Crippen LogP contribution in [0.1, 0.15) is 39.4 Å². The zero-order valence-corrected chi connectivity index (χ0v) is 14.7. The number of carbonyl (C=O) groups excluding carboxylic acids is 1. The van der Waals surface area contributed by atoms with E-state index < -0.39 is 0 Å². The Kier molecular flexibility index (Phi) is 3.75. The minimum Gasteiger partial charge on any atom is -0.478 e. The topological polar surface area (TPSA) is 69.3 Å². The van der Waals surface area contributed by atoms with Crippen molar-refractivity contribution in [2.45, 2.75) is 40.3 Å². The fourth-order valence-corrected chi connectivity index (χ4v) is 3.35. The third-order valence-electron chi connectivity index (χ3n) is 4.68. The molecule has 130 valence electrons. The molecule has 0 saturated heterocycles. The highest BCUT2D eigenvalue weighted by atomic mass is 16.5. The van der Waals surface area contributed by atoms with Crippen molar-refractivity contribution >= 4 is 16.9 Å². The van der Waals surface area contributed by atoms with Crippen LogP contribution in [0.15, 0.2) is 22.6 Å². The van der Waals surface area contributed by atoms with Gasteiger partial charge in [-0.15, -0.1) is 0 Å². The standard InChI is InChI=1S/C19H21N3O3/c1-11-5-6-12(2)17-16(11)13(3)18(25-17)19(23)20-10-14-9-15-22(21-14)7-4-8-24-15/h5-6,9H,4,7-8,10H2,1-3H3,(H,20,23). The van der Waals surface area contributed by atoms with Gasteiger partial charge in [-0.05, 0) is 31.9 Å². The lowest BCUT2D eigenvalue weighted by atomic mass is 10.0. The van der Waals surface area contributed by atoms with E-state index in [-0.39, 0.29) is 5.91 Å². The highest BCUT2D eigenvalue weighted by Crippen LogP contribution is 2.30. The lowest BCUT2D eigenvalue weighted by Crippen LogP contribution is -2.23. The Balaban J connectivity index is 1.56. The highest BCUT2D eigenvalue weighted by molar-refractivity contribution is 6.00. The lowest BCUT2D eigenvalue weighted by Gasteiger charge is -2.13. The van der Waals surface area contributed by atoms with Crippen molar-refractivity contribution in [2.24, 2.45) is 0 Å². The number of nitrogens with zero attached hydrogens (tertiary/aromatic N) is 2. The number of nitrogens with one attached hydrogen (secondary N) is 1.